The molecule has 1 aliphatic heterocycles. The molecule has 2 aromatic carbocycles. The van der Waals surface area contributed by atoms with Crippen LogP contribution < -0.4 is 10.4 Å². The fourth-order valence-electron chi connectivity index (χ4n) is 4.23. The van der Waals surface area contributed by atoms with Crippen LogP contribution in [0.25, 0.3) is 0 Å². The first-order valence-electron chi connectivity index (χ1n) is 9.64. The molecular weight excluding hydrogens is 481 g/mol. The normalized spacial score (nSPS) is 20.4. The molecule has 0 aromatic heterocycles. The van der Waals surface area contributed by atoms with Crippen molar-refractivity contribution < 1.29 is 14.3 Å². The van der Waals surface area contributed by atoms with Crippen LogP contribution in [0, 0.1) is 0 Å². The van der Waals surface area contributed by atoms with Crippen molar-refractivity contribution in [2.24, 2.45) is 0 Å². The van der Waals surface area contributed by atoms with Crippen LogP contribution in [-0.4, -0.2) is 47.5 Å². The summed E-state index contributed by atoms with van der Waals surface area (Å²) < 4.78 is 7.24. The summed E-state index contributed by atoms with van der Waals surface area (Å²) >= 11 is 2.35. The molecule has 0 spiro atoms. The minimum absolute atomic E-state index is 0.0963. The maximum absolute atomic E-state index is 11.7. The van der Waals surface area contributed by atoms with Gasteiger partial charge in [0, 0.05) is 10.5 Å². The fourth-order valence-corrected chi connectivity index (χ4v) is 9.84. The third-order valence-electron chi connectivity index (χ3n) is 5.52. The third-order valence-corrected chi connectivity index (χ3v) is 11.4. The summed E-state index contributed by atoms with van der Waals surface area (Å²) in [7, 11) is -2.63. The lowest BCUT2D eigenvalue weighted by Gasteiger charge is -2.44. The Morgan fingerprint density at radius 3 is 2.04 bits per heavy atom. The van der Waals surface area contributed by atoms with E-state index in [1.165, 1.54) is 10.4 Å². The van der Waals surface area contributed by atoms with Crippen LogP contribution in [0.3, 0.4) is 0 Å². The maximum Gasteiger partial charge on any atom is 0.407 e. The minimum atomic E-state index is -2.63. The second-order valence-corrected chi connectivity index (χ2v) is 14.5. The molecular formula is C22H28INO3Si. The number of likely N-dealkylation sites (tertiary alicyclic amines) is 1. The average Bonchev–Trinajstić information content (AvgIpc) is 3.04. The van der Waals surface area contributed by atoms with Gasteiger partial charge in [0.1, 0.15) is 0 Å². The molecule has 1 amide bonds. The minimum Gasteiger partial charge on any atom is -0.465 e. The van der Waals surface area contributed by atoms with Crippen LogP contribution in [0.15, 0.2) is 60.7 Å². The summed E-state index contributed by atoms with van der Waals surface area (Å²) in [6.45, 7) is 7.72. The molecule has 28 heavy (non-hydrogen) atoms. The first kappa shape index (κ1) is 21.3. The molecule has 1 aliphatic rings. The topological polar surface area (TPSA) is 49.8 Å². The molecule has 1 heterocycles. The molecule has 0 saturated carbocycles. The van der Waals surface area contributed by atoms with Gasteiger partial charge in [-0.3, -0.25) is 0 Å². The Morgan fingerprint density at radius 1 is 1.11 bits per heavy atom. The molecule has 2 aromatic rings. The number of nitrogens with zero attached hydrogens (tertiary/aromatic N) is 1. The van der Waals surface area contributed by atoms with E-state index >= 15 is 0 Å². The summed E-state index contributed by atoms with van der Waals surface area (Å²) in [4.78, 5) is 13.2. The Bertz CT molecular complexity index is 755. The van der Waals surface area contributed by atoms with Crippen molar-refractivity contribution in [3.8, 4) is 0 Å². The van der Waals surface area contributed by atoms with Crippen molar-refractivity contribution >= 4 is 47.4 Å². The summed E-state index contributed by atoms with van der Waals surface area (Å²) in [5.74, 6) is 0. The van der Waals surface area contributed by atoms with Crippen LogP contribution in [0.2, 0.25) is 5.04 Å². The van der Waals surface area contributed by atoms with Gasteiger partial charge in [-0.15, -0.1) is 0 Å². The standard InChI is InChI=1S/C22H28INO3Si/c1-22(2,3)28(19-10-6-4-7-11-19,20-12-8-5-9-13-20)27-16-18-14-17(23)15-24(18)21(25)26/h4-13,17-18H,14-16H2,1-3H3,(H,25,26)/t17?,18-/m1/s1. The first-order chi connectivity index (χ1) is 13.3. The lowest BCUT2D eigenvalue weighted by atomic mass is 10.2. The number of amides is 1. The van der Waals surface area contributed by atoms with Crippen molar-refractivity contribution in [2.75, 3.05) is 13.2 Å². The van der Waals surface area contributed by atoms with Gasteiger partial charge in [-0.2, -0.15) is 0 Å². The Labute approximate surface area is 182 Å². The third kappa shape index (κ3) is 4.14. The highest BCUT2D eigenvalue weighted by molar-refractivity contribution is 14.1. The van der Waals surface area contributed by atoms with Crippen LogP contribution >= 0.6 is 22.6 Å². The average molecular weight is 509 g/mol. The smallest absolute Gasteiger partial charge is 0.407 e. The van der Waals surface area contributed by atoms with Gasteiger partial charge in [0.2, 0.25) is 0 Å². The van der Waals surface area contributed by atoms with Crippen LogP contribution in [0.5, 0.6) is 0 Å². The second-order valence-electron chi connectivity index (χ2n) is 8.40. The van der Waals surface area contributed by atoms with Crippen molar-refractivity contribution in [1.82, 2.24) is 4.90 Å². The molecule has 0 bridgehead atoms. The number of alkyl halides is 1. The molecule has 1 fully saturated rings. The predicted molar refractivity (Wildman–Crippen MR) is 125 cm³/mol. The predicted octanol–water partition coefficient (Wildman–Crippen LogP) is 4.12. The Kier molecular flexibility index (Phi) is 6.51. The van der Waals surface area contributed by atoms with E-state index in [2.05, 4.69) is 91.9 Å². The summed E-state index contributed by atoms with van der Waals surface area (Å²) in [6, 6.07) is 20.9. The van der Waals surface area contributed by atoms with Crippen molar-refractivity contribution in [2.45, 2.75) is 42.2 Å². The van der Waals surface area contributed by atoms with Crippen molar-refractivity contribution in [3.05, 3.63) is 60.7 Å². The number of hydrogen-bond acceptors (Lipinski definition) is 2. The quantitative estimate of drug-likeness (QED) is 0.375. The largest absolute Gasteiger partial charge is 0.465 e. The number of carbonyl (C=O) groups is 1. The highest BCUT2D eigenvalue weighted by Gasteiger charge is 2.51. The first-order valence-corrected chi connectivity index (χ1v) is 12.8. The van der Waals surface area contributed by atoms with Crippen LogP contribution in [0.4, 0.5) is 4.79 Å². The van der Waals surface area contributed by atoms with E-state index in [-0.39, 0.29) is 11.1 Å². The van der Waals surface area contributed by atoms with E-state index in [9.17, 15) is 9.90 Å². The van der Waals surface area contributed by atoms with E-state index in [1.807, 2.05) is 12.1 Å². The number of halogens is 1. The van der Waals surface area contributed by atoms with Gasteiger partial charge in [0.15, 0.2) is 0 Å². The molecule has 0 aliphatic carbocycles. The maximum atomic E-state index is 11.7. The monoisotopic (exact) mass is 509 g/mol. The van der Waals surface area contributed by atoms with E-state index in [0.29, 0.717) is 17.1 Å². The molecule has 1 unspecified atom stereocenters. The number of rotatable bonds is 5. The van der Waals surface area contributed by atoms with Gasteiger partial charge in [-0.05, 0) is 21.8 Å². The van der Waals surface area contributed by atoms with Gasteiger partial charge >= 0.3 is 6.09 Å². The number of carboxylic acid groups (broad SMARTS) is 1. The zero-order valence-electron chi connectivity index (χ0n) is 16.6. The summed E-state index contributed by atoms with van der Waals surface area (Å²) in [6.07, 6.45) is -0.0133. The van der Waals surface area contributed by atoms with Gasteiger partial charge in [0.05, 0.1) is 12.6 Å². The molecule has 3 rings (SSSR count). The molecule has 0 radical (unpaired) electrons. The molecule has 150 valence electrons. The van der Waals surface area contributed by atoms with Gasteiger partial charge in [-0.1, -0.05) is 104 Å². The Hall–Kier alpha value is -1.38. The fraction of sp³-hybridized carbons (Fsp3) is 0.409. The van der Waals surface area contributed by atoms with E-state index < -0.39 is 14.4 Å². The Balaban J connectivity index is 2.03. The van der Waals surface area contributed by atoms with Gasteiger partial charge < -0.3 is 14.4 Å². The highest BCUT2D eigenvalue weighted by atomic mass is 127. The SMILES string of the molecule is CC(C)(C)[Si](OC[C@H]1CC(I)CN1C(=O)O)(c1ccccc1)c1ccccc1. The van der Waals surface area contributed by atoms with Crippen LogP contribution in [0.1, 0.15) is 27.2 Å². The van der Waals surface area contributed by atoms with Crippen LogP contribution in [-0.2, 0) is 4.43 Å². The Morgan fingerprint density at radius 2 is 1.61 bits per heavy atom. The van der Waals surface area contributed by atoms with Gasteiger partial charge in [-0.25, -0.2) is 4.79 Å². The van der Waals surface area contributed by atoms with E-state index in [1.54, 1.807) is 4.90 Å². The summed E-state index contributed by atoms with van der Waals surface area (Å²) in [5.41, 5.74) is 0. The van der Waals surface area contributed by atoms with Crippen molar-refractivity contribution in [3.63, 3.8) is 0 Å². The van der Waals surface area contributed by atoms with E-state index in [0.717, 1.165) is 6.42 Å². The summed E-state index contributed by atoms with van der Waals surface area (Å²) in [5, 5.41) is 11.9. The molecule has 6 heteroatoms. The van der Waals surface area contributed by atoms with Gasteiger partial charge in [0.25, 0.3) is 8.32 Å². The second kappa shape index (κ2) is 8.55. The lowest BCUT2D eigenvalue weighted by molar-refractivity contribution is 0.121. The number of hydrogen-bond donors (Lipinski definition) is 1. The molecule has 2 atom stereocenters. The van der Waals surface area contributed by atoms with E-state index in [4.69, 9.17) is 4.43 Å². The number of benzene rings is 2. The zero-order chi connectivity index (χ0) is 20.4. The van der Waals surface area contributed by atoms with Crippen molar-refractivity contribution in [1.29, 1.82) is 0 Å². The lowest BCUT2D eigenvalue weighted by Crippen LogP contribution is -2.67. The molecule has 1 saturated heterocycles. The highest BCUT2D eigenvalue weighted by Crippen LogP contribution is 2.37. The molecule has 1 N–H and O–H groups in total. The zero-order valence-corrected chi connectivity index (χ0v) is 19.8. The molecule has 4 nitrogen and oxygen atoms in total.